The quantitative estimate of drug-likeness (QED) is 0.330. The highest BCUT2D eigenvalue weighted by Crippen LogP contribution is 2.39. The van der Waals surface area contributed by atoms with Gasteiger partial charge in [-0.1, -0.05) is 36.4 Å². The van der Waals surface area contributed by atoms with Crippen LogP contribution in [0.3, 0.4) is 0 Å². The first kappa shape index (κ1) is 23.2. The topological polar surface area (TPSA) is 125 Å². The molecule has 38 heavy (non-hydrogen) atoms. The van der Waals surface area contributed by atoms with E-state index >= 15 is 0 Å². The van der Waals surface area contributed by atoms with Crippen molar-refractivity contribution in [3.8, 4) is 0 Å². The minimum Gasteiger partial charge on any atom is -0.478 e. The molecule has 0 unspecified atom stereocenters. The molecule has 1 aromatic heterocycles. The number of oxazole rings is 1. The van der Waals surface area contributed by atoms with Crippen LogP contribution in [-0.4, -0.2) is 34.4 Å². The smallest absolute Gasteiger partial charge is 0.335 e. The van der Waals surface area contributed by atoms with Crippen LogP contribution in [0.4, 0.5) is 17.1 Å². The first-order valence-electron chi connectivity index (χ1n) is 12.0. The van der Waals surface area contributed by atoms with Gasteiger partial charge in [0.15, 0.2) is 6.39 Å². The van der Waals surface area contributed by atoms with E-state index in [2.05, 4.69) is 15.6 Å². The highest BCUT2D eigenvalue weighted by Gasteiger charge is 2.30. The second kappa shape index (κ2) is 9.36. The number of carbonyl (C=O) groups is 3. The number of rotatable bonds is 6. The van der Waals surface area contributed by atoms with Crippen LogP contribution in [-0.2, 0) is 22.4 Å². The zero-order valence-corrected chi connectivity index (χ0v) is 20.1. The Balaban J connectivity index is 1.35. The Labute approximate surface area is 217 Å². The lowest BCUT2D eigenvalue weighted by Crippen LogP contribution is -2.30. The number of hydrogen-bond donors (Lipinski definition) is 3. The van der Waals surface area contributed by atoms with E-state index in [-0.39, 0.29) is 23.8 Å². The number of carbonyl (C=O) groups excluding carboxylic acids is 2. The van der Waals surface area contributed by atoms with Crippen LogP contribution < -0.4 is 15.5 Å². The summed E-state index contributed by atoms with van der Waals surface area (Å²) >= 11 is 0. The lowest BCUT2D eigenvalue weighted by molar-refractivity contribution is -0.118. The van der Waals surface area contributed by atoms with Gasteiger partial charge >= 0.3 is 5.97 Å². The van der Waals surface area contributed by atoms with Crippen molar-refractivity contribution in [1.29, 1.82) is 0 Å². The average Bonchev–Trinajstić information content (AvgIpc) is 3.65. The summed E-state index contributed by atoms with van der Waals surface area (Å²) in [6.07, 6.45) is 3.69. The van der Waals surface area contributed by atoms with Gasteiger partial charge in [0, 0.05) is 23.5 Å². The fraction of sp³-hybridized carbons (Fsp3) is 0.103. The Bertz CT molecular complexity index is 1610. The van der Waals surface area contributed by atoms with Crippen LogP contribution in [0.25, 0.3) is 11.3 Å². The molecule has 0 bridgehead atoms. The van der Waals surface area contributed by atoms with E-state index in [1.807, 2.05) is 48.5 Å². The third-order valence-corrected chi connectivity index (χ3v) is 6.68. The van der Waals surface area contributed by atoms with Crippen molar-refractivity contribution >= 4 is 46.1 Å². The number of aromatic nitrogens is 1. The number of benzene rings is 3. The Morgan fingerprint density at radius 1 is 1.05 bits per heavy atom. The van der Waals surface area contributed by atoms with Gasteiger partial charge < -0.3 is 25.1 Å². The van der Waals surface area contributed by atoms with Gasteiger partial charge in [0.05, 0.1) is 35.1 Å². The molecular weight excluding hydrogens is 484 g/mol. The summed E-state index contributed by atoms with van der Waals surface area (Å²) in [5.74, 6) is -0.925. The molecular formula is C29H22N4O5. The maximum absolute atomic E-state index is 13.1. The lowest BCUT2D eigenvalue weighted by Gasteiger charge is -2.18. The molecule has 0 atom stereocenters. The van der Waals surface area contributed by atoms with Crippen molar-refractivity contribution in [1.82, 2.24) is 4.98 Å². The van der Waals surface area contributed by atoms with Gasteiger partial charge in [-0.25, -0.2) is 9.78 Å². The SMILES string of the molecule is O=C1Nc2cc(C(=O)O)ccc2/C1=C(/Nc1ccc2c(c1)CCN2C(=O)Cc1cnco1)c1ccccc1. The van der Waals surface area contributed by atoms with Crippen molar-refractivity contribution in [2.75, 3.05) is 22.1 Å². The minimum absolute atomic E-state index is 0.0618. The molecule has 2 amide bonds. The van der Waals surface area contributed by atoms with Gasteiger partial charge in [-0.2, -0.15) is 0 Å². The third kappa shape index (κ3) is 4.20. The van der Waals surface area contributed by atoms with Crippen LogP contribution in [0.15, 0.2) is 83.7 Å². The summed E-state index contributed by atoms with van der Waals surface area (Å²) in [7, 11) is 0. The van der Waals surface area contributed by atoms with Crippen molar-refractivity contribution in [2.24, 2.45) is 0 Å². The molecule has 2 aliphatic rings. The first-order chi connectivity index (χ1) is 18.5. The van der Waals surface area contributed by atoms with E-state index < -0.39 is 5.97 Å². The molecule has 3 aromatic carbocycles. The zero-order valence-electron chi connectivity index (χ0n) is 20.1. The number of aromatic carboxylic acids is 1. The molecule has 9 nitrogen and oxygen atoms in total. The zero-order chi connectivity index (χ0) is 26.2. The van der Waals surface area contributed by atoms with E-state index in [0.717, 1.165) is 22.5 Å². The average molecular weight is 507 g/mol. The Morgan fingerprint density at radius 2 is 1.89 bits per heavy atom. The summed E-state index contributed by atoms with van der Waals surface area (Å²) < 4.78 is 5.22. The molecule has 0 saturated carbocycles. The predicted octanol–water partition coefficient (Wildman–Crippen LogP) is 4.44. The van der Waals surface area contributed by atoms with Gasteiger partial charge in [-0.3, -0.25) is 9.59 Å². The number of fused-ring (bicyclic) bond motifs is 2. The molecule has 0 saturated heterocycles. The highest BCUT2D eigenvalue weighted by molar-refractivity contribution is 6.37. The van der Waals surface area contributed by atoms with E-state index in [9.17, 15) is 19.5 Å². The van der Waals surface area contributed by atoms with Crippen LogP contribution >= 0.6 is 0 Å². The second-order valence-electron chi connectivity index (χ2n) is 9.04. The van der Waals surface area contributed by atoms with Crippen molar-refractivity contribution < 1.29 is 23.9 Å². The number of anilines is 3. The standard InChI is InChI=1S/C29H22N4O5/c34-25(14-21-15-30-16-38-21)33-11-10-18-12-20(7-9-24(18)33)31-27(17-4-2-1-3-5-17)26-22-8-6-19(29(36)37)13-23(22)32-28(26)35/h1-9,12-13,15-16,31H,10-11,14H2,(H,32,35)(H,36,37)/b27-26-. The number of carboxylic acids is 1. The Hall–Kier alpha value is -5.18. The maximum atomic E-state index is 13.1. The van der Waals surface area contributed by atoms with Gasteiger partial charge in [0.2, 0.25) is 5.91 Å². The molecule has 6 rings (SSSR count). The van der Waals surface area contributed by atoms with Gasteiger partial charge in [-0.05, 0) is 47.9 Å². The second-order valence-corrected chi connectivity index (χ2v) is 9.04. The van der Waals surface area contributed by atoms with Crippen LogP contribution in [0.5, 0.6) is 0 Å². The number of carboxylic acid groups (broad SMARTS) is 1. The van der Waals surface area contributed by atoms with Crippen LogP contribution in [0.2, 0.25) is 0 Å². The van der Waals surface area contributed by atoms with Crippen molar-refractivity contribution in [2.45, 2.75) is 12.8 Å². The van der Waals surface area contributed by atoms with Gasteiger partial charge in [0.1, 0.15) is 5.76 Å². The van der Waals surface area contributed by atoms with E-state index in [1.165, 1.54) is 18.5 Å². The Morgan fingerprint density at radius 3 is 2.66 bits per heavy atom. The van der Waals surface area contributed by atoms with Gasteiger partial charge in [0.25, 0.3) is 5.91 Å². The number of hydrogen-bond acceptors (Lipinski definition) is 6. The molecule has 0 aliphatic carbocycles. The largest absolute Gasteiger partial charge is 0.478 e. The molecule has 4 aromatic rings. The summed E-state index contributed by atoms with van der Waals surface area (Å²) in [6.45, 7) is 0.570. The maximum Gasteiger partial charge on any atom is 0.335 e. The number of nitrogens with one attached hydrogen (secondary N) is 2. The molecule has 2 aliphatic heterocycles. The fourth-order valence-electron chi connectivity index (χ4n) is 4.89. The Kier molecular flexibility index (Phi) is 5.72. The minimum atomic E-state index is -1.06. The molecule has 0 spiro atoms. The van der Waals surface area contributed by atoms with E-state index in [1.54, 1.807) is 17.2 Å². The van der Waals surface area contributed by atoms with Crippen molar-refractivity contribution in [3.63, 3.8) is 0 Å². The monoisotopic (exact) mass is 506 g/mol. The van der Waals surface area contributed by atoms with Crippen molar-refractivity contribution in [3.05, 3.63) is 107 Å². The van der Waals surface area contributed by atoms with Gasteiger partial charge in [-0.15, -0.1) is 0 Å². The third-order valence-electron chi connectivity index (χ3n) is 6.68. The normalized spacial score (nSPS) is 15.1. The molecule has 0 radical (unpaired) electrons. The molecule has 9 heteroatoms. The molecule has 188 valence electrons. The van der Waals surface area contributed by atoms with Crippen LogP contribution in [0.1, 0.15) is 32.8 Å². The predicted molar refractivity (Wildman–Crippen MR) is 142 cm³/mol. The molecule has 0 fully saturated rings. The van der Waals surface area contributed by atoms with Crippen LogP contribution in [0, 0.1) is 0 Å². The fourth-order valence-corrected chi connectivity index (χ4v) is 4.89. The summed E-state index contributed by atoms with van der Waals surface area (Å²) in [6, 6.07) is 19.9. The van der Waals surface area contributed by atoms with E-state index in [4.69, 9.17) is 4.42 Å². The number of nitrogens with zero attached hydrogens (tertiary/aromatic N) is 2. The first-order valence-corrected chi connectivity index (χ1v) is 12.0. The number of amides is 2. The van der Waals surface area contributed by atoms with E-state index in [0.29, 0.717) is 41.2 Å². The summed E-state index contributed by atoms with van der Waals surface area (Å²) in [5, 5.41) is 15.6. The summed E-state index contributed by atoms with van der Waals surface area (Å²) in [5.41, 5.74) is 5.63. The molecule has 3 heterocycles. The molecule has 3 N–H and O–H groups in total. The highest BCUT2D eigenvalue weighted by atomic mass is 16.4. The lowest BCUT2D eigenvalue weighted by atomic mass is 9.99. The summed E-state index contributed by atoms with van der Waals surface area (Å²) in [4.78, 5) is 43.0.